The number of rotatable bonds is 0. The lowest BCUT2D eigenvalue weighted by Gasteiger charge is -2.43. The topological polar surface area (TPSA) is 12.4 Å². The zero-order chi connectivity index (χ0) is 6.32. The average Bonchev–Trinajstić information content (AvgIpc) is 1.82. The molecule has 2 nitrogen and oxygen atoms in total. The Morgan fingerprint density at radius 3 is 2.89 bits per heavy atom. The van der Waals surface area contributed by atoms with Gasteiger partial charge in [-0.1, -0.05) is 0 Å². The van der Waals surface area contributed by atoms with E-state index in [0.717, 1.165) is 11.2 Å². The molecule has 0 aromatic carbocycles. The molecule has 2 aliphatic rings. The van der Waals surface area contributed by atoms with Gasteiger partial charge in [0.25, 0.3) is 0 Å². The van der Waals surface area contributed by atoms with Gasteiger partial charge in [-0.15, -0.1) is 0 Å². The first-order valence-electron chi connectivity index (χ1n) is 3.35. The molecule has 1 atom stereocenters. The molecule has 0 aromatic rings. The van der Waals surface area contributed by atoms with E-state index in [1.54, 1.807) is 5.70 Å². The number of quaternary nitrogens is 1. The molecule has 2 aliphatic heterocycles. The summed E-state index contributed by atoms with van der Waals surface area (Å²) in [6.07, 6.45) is 5.35. The molecule has 0 radical (unpaired) electrons. The van der Waals surface area contributed by atoms with Crippen molar-refractivity contribution >= 4 is 6.21 Å². The van der Waals surface area contributed by atoms with Crippen LogP contribution in [0.3, 0.4) is 0 Å². The minimum absolute atomic E-state index is 0.964. The second-order valence-corrected chi connectivity index (χ2v) is 3.00. The summed E-state index contributed by atoms with van der Waals surface area (Å²) in [5.41, 5.74) is 1.55. The molecule has 2 heterocycles. The lowest BCUT2D eigenvalue weighted by molar-refractivity contribution is -0.905. The Morgan fingerprint density at radius 1 is 1.67 bits per heavy atom. The van der Waals surface area contributed by atoms with E-state index in [4.69, 9.17) is 0 Å². The predicted molar refractivity (Wildman–Crippen MR) is 37.1 cm³/mol. The van der Waals surface area contributed by atoms with E-state index in [1.165, 1.54) is 13.0 Å². The molecule has 48 valence electrons. The van der Waals surface area contributed by atoms with Crippen molar-refractivity contribution < 1.29 is 4.48 Å². The lowest BCUT2D eigenvalue weighted by atomic mass is 10.1. The minimum Gasteiger partial charge on any atom is -0.278 e. The predicted octanol–water partition coefficient (Wildman–Crippen LogP) is 0.762. The first-order valence-corrected chi connectivity index (χ1v) is 3.35. The summed E-state index contributed by atoms with van der Waals surface area (Å²) in [5, 5.41) is 0. The Bertz CT molecular complexity index is 193. The molecule has 0 aromatic heterocycles. The van der Waals surface area contributed by atoms with Crippen LogP contribution in [0.5, 0.6) is 0 Å². The smallest absolute Gasteiger partial charge is 0.176 e. The molecular weight excluding hydrogens is 112 g/mol. The molecule has 0 spiro atoms. The SMILES string of the molecule is C[N+]12CCC1=CC=NC2. The monoisotopic (exact) mass is 123 g/mol. The summed E-state index contributed by atoms with van der Waals surface area (Å²) in [6.45, 7) is 2.25. The van der Waals surface area contributed by atoms with Crippen LogP contribution in [0.15, 0.2) is 16.8 Å². The number of hydrogen-bond donors (Lipinski definition) is 0. The highest BCUT2D eigenvalue weighted by Gasteiger charge is 2.37. The van der Waals surface area contributed by atoms with E-state index >= 15 is 0 Å². The van der Waals surface area contributed by atoms with Crippen LogP contribution in [0.25, 0.3) is 0 Å². The van der Waals surface area contributed by atoms with Gasteiger partial charge in [0.2, 0.25) is 0 Å². The van der Waals surface area contributed by atoms with Crippen molar-refractivity contribution in [3.63, 3.8) is 0 Å². The number of allylic oxidation sites excluding steroid dienone is 1. The maximum Gasteiger partial charge on any atom is 0.176 e. The highest BCUT2D eigenvalue weighted by molar-refractivity contribution is 5.72. The third-order valence-electron chi connectivity index (χ3n) is 2.32. The molecule has 0 saturated carbocycles. The highest BCUT2D eigenvalue weighted by atomic mass is 15.4. The van der Waals surface area contributed by atoms with Crippen molar-refractivity contribution in [1.82, 2.24) is 0 Å². The Labute approximate surface area is 55.1 Å². The van der Waals surface area contributed by atoms with Crippen molar-refractivity contribution in [2.75, 3.05) is 20.3 Å². The van der Waals surface area contributed by atoms with E-state index in [2.05, 4.69) is 18.1 Å². The quantitative estimate of drug-likeness (QED) is 0.422. The zero-order valence-electron chi connectivity index (χ0n) is 5.67. The van der Waals surface area contributed by atoms with Crippen LogP contribution >= 0.6 is 0 Å². The van der Waals surface area contributed by atoms with Crippen molar-refractivity contribution in [3.8, 4) is 0 Å². The standard InChI is InChI=1S/C7H11N2/c1-9-5-3-7(9)2-4-8-6-9/h2,4H,3,5-6H2,1H3/q+1. The molecule has 0 aliphatic carbocycles. The number of hydrogen-bond acceptors (Lipinski definition) is 1. The summed E-state index contributed by atoms with van der Waals surface area (Å²) >= 11 is 0. The van der Waals surface area contributed by atoms with E-state index in [1.807, 2.05) is 6.21 Å². The van der Waals surface area contributed by atoms with Crippen LogP contribution in [0.1, 0.15) is 6.42 Å². The third-order valence-corrected chi connectivity index (χ3v) is 2.32. The molecule has 0 N–H and O–H groups in total. The van der Waals surface area contributed by atoms with E-state index in [-0.39, 0.29) is 0 Å². The maximum atomic E-state index is 4.20. The molecule has 1 unspecified atom stereocenters. The van der Waals surface area contributed by atoms with Gasteiger partial charge in [-0.3, -0.25) is 4.48 Å². The molecule has 0 bridgehead atoms. The normalized spacial score (nSPS) is 39.0. The van der Waals surface area contributed by atoms with Gasteiger partial charge in [-0.2, -0.15) is 0 Å². The molecular formula is C7H11N2+. The van der Waals surface area contributed by atoms with Crippen molar-refractivity contribution in [1.29, 1.82) is 0 Å². The summed E-state index contributed by atoms with van der Waals surface area (Å²) < 4.78 is 1.08. The second kappa shape index (κ2) is 1.45. The molecule has 9 heavy (non-hydrogen) atoms. The summed E-state index contributed by atoms with van der Waals surface area (Å²) in [6, 6.07) is 0. The van der Waals surface area contributed by atoms with Crippen molar-refractivity contribution in [3.05, 3.63) is 11.8 Å². The minimum atomic E-state index is 0.964. The van der Waals surface area contributed by atoms with Crippen LogP contribution in [-0.2, 0) is 0 Å². The number of aliphatic imine (C=N–C) groups is 1. The van der Waals surface area contributed by atoms with E-state index in [0.29, 0.717) is 0 Å². The van der Waals surface area contributed by atoms with Crippen molar-refractivity contribution in [2.45, 2.75) is 6.42 Å². The Kier molecular flexibility index (Phi) is 0.833. The second-order valence-electron chi connectivity index (χ2n) is 3.00. The fraction of sp³-hybridized carbons (Fsp3) is 0.571. The zero-order valence-corrected chi connectivity index (χ0v) is 5.67. The summed E-state index contributed by atoms with van der Waals surface area (Å²) in [5.74, 6) is 0. The molecule has 1 saturated heterocycles. The van der Waals surface area contributed by atoms with Gasteiger partial charge in [0.15, 0.2) is 6.67 Å². The number of nitrogens with zero attached hydrogens (tertiary/aromatic N) is 2. The first-order chi connectivity index (χ1) is 4.31. The van der Waals surface area contributed by atoms with Gasteiger partial charge >= 0.3 is 0 Å². The fourth-order valence-corrected chi connectivity index (χ4v) is 1.41. The molecule has 2 heteroatoms. The van der Waals surface area contributed by atoms with Gasteiger partial charge in [0, 0.05) is 12.3 Å². The Balaban J connectivity index is 2.32. The van der Waals surface area contributed by atoms with Gasteiger partial charge in [0.05, 0.1) is 20.0 Å². The third kappa shape index (κ3) is 0.566. The molecule has 1 fully saturated rings. The average molecular weight is 123 g/mol. The van der Waals surface area contributed by atoms with Crippen LogP contribution in [0.4, 0.5) is 0 Å². The highest BCUT2D eigenvalue weighted by Crippen LogP contribution is 2.30. The summed E-state index contributed by atoms with van der Waals surface area (Å²) in [7, 11) is 2.24. The number of fused-ring (bicyclic) bond motifs is 1. The van der Waals surface area contributed by atoms with Gasteiger partial charge in [0.1, 0.15) is 5.70 Å². The van der Waals surface area contributed by atoms with Gasteiger partial charge in [-0.05, 0) is 0 Å². The first kappa shape index (κ1) is 5.18. The fourth-order valence-electron chi connectivity index (χ4n) is 1.41. The Morgan fingerprint density at radius 2 is 2.56 bits per heavy atom. The lowest BCUT2D eigenvalue weighted by Crippen LogP contribution is -2.53. The van der Waals surface area contributed by atoms with Crippen LogP contribution < -0.4 is 0 Å². The van der Waals surface area contributed by atoms with Crippen LogP contribution in [0, 0.1) is 0 Å². The summed E-state index contributed by atoms with van der Waals surface area (Å²) in [4.78, 5) is 4.20. The maximum absolute atomic E-state index is 4.20. The Hall–Kier alpha value is -0.630. The molecule has 0 amide bonds. The van der Waals surface area contributed by atoms with Crippen molar-refractivity contribution in [2.24, 2.45) is 4.99 Å². The molecule has 2 rings (SSSR count). The van der Waals surface area contributed by atoms with Crippen LogP contribution in [0.2, 0.25) is 0 Å². The van der Waals surface area contributed by atoms with Gasteiger partial charge in [-0.25, -0.2) is 4.99 Å². The van der Waals surface area contributed by atoms with Crippen LogP contribution in [-0.4, -0.2) is 31.0 Å². The van der Waals surface area contributed by atoms with Gasteiger partial charge < -0.3 is 0 Å². The van der Waals surface area contributed by atoms with E-state index in [9.17, 15) is 0 Å². The van der Waals surface area contributed by atoms with E-state index < -0.39 is 0 Å². The largest absolute Gasteiger partial charge is 0.278 e.